The first kappa shape index (κ1) is 13.3. The first-order chi connectivity index (χ1) is 10.2. The quantitative estimate of drug-likeness (QED) is 0.791. The zero-order valence-corrected chi connectivity index (χ0v) is 12.4. The van der Waals surface area contributed by atoms with Gasteiger partial charge in [0.25, 0.3) is 5.91 Å². The molecule has 3 saturated carbocycles. The van der Waals surface area contributed by atoms with Crippen molar-refractivity contribution in [2.45, 2.75) is 56.9 Å². The summed E-state index contributed by atoms with van der Waals surface area (Å²) in [4.78, 5) is 12.5. The van der Waals surface area contributed by atoms with E-state index in [1.807, 2.05) is 6.07 Å². The van der Waals surface area contributed by atoms with Gasteiger partial charge in [-0.25, -0.2) is 0 Å². The summed E-state index contributed by atoms with van der Waals surface area (Å²) < 4.78 is 0. The molecule has 0 radical (unpaired) electrons. The molecule has 5 heteroatoms. The van der Waals surface area contributed by atoms with E-state index in [2.05, 4.69) is 15.5 Å². The van der Waals surface area contributed by atoms with Gasteiger partial charge >= 0.3 is 0 Å². The maximum Gasteiger partial charge on any atom is 0.272 e. The second kappa shape index (κ2) is 4.83. The Balaban J connectivity index is 1.48. The van der Waals surface area contributed by atoms with Gasteiger partial charge in [0.15, 0.2) is 0 Å². The van der Waals surface area contributed by atoms with Gasteiger partial charge in [-0.2, -0.15) is 5.10 Å². The van der Waals surface area contributed by atoms with E-state index in [-0.39, 0.29) is 11.9 Å². The summed E-state index contributed by atoms with van der Waals surface area (Å²) in [5.41, 5.74) is 7.89. The van der Waals surface area contributed by atoms with Crippen LogP contribution in [0.15, 0.2) is 6.07 Å². The number of aromatic nitrogens is 2. The van der Waals surface area contributed by atoms with Crippen LogP contribution in [0.3, 0.4) is 0 Å². The van der Waals surface area contributed by atoms with Gasteiger partial charge in [0.05, 0.1) is 0 Å². The third-order valence-electron chi connectivity index (χ3n) is 5.93. The Morgan fingerprint density at radius 3 is 2.81 bits per heavy atom. The molecule has 1 aromatic rings. The van der Waals surface area contributed by atoms with Crippen LogP contribution < -0.4 is 11.1 Å². The molecule has 3 aliphatic rings. The van der Waals surface area contributed by atoms with Crippen molar-refractivity contribution in [1.29, 1.82) is 0 Å². The molecular formula is C16H24N4O. The van der Waals surface area contributed by atoms with Gasteiger partial charge in [-0.3, -0.25) is 9.89 Å². The van der Waals surface area contributed by atoms with Gasteiger partial charge in [0.2, 0.25) is 0 Å². The van der Waals surface area contributed by atoms with E-state index in [1.165, 1.54) is 38.5 Å². The molecule has 5 nitrogen and oxygen atoms in total. The molecule has 114 valence electrons. The molecule has 21 heavy (non-hydrogen) atoms. The van der Waals surface area contributed by atoms with Gasteiger partial charge in [-0.1, -0.05) is 6.42 Å². The number of hydrogen-bond acceptors (Lipinski definition) is 3. The van der Waals surface area contributed by atoms with Gasteiger partial charge in [-0.05, 0) is 62.5 Å². The number of carbonyl (C=O) groups excluding carboxylic acids is 1. The number of aromatic amines is 1. The number of nitrogens with zero attached hydrogens (tertiary/aromatic N) is 1. The van der Waals surface area contributed by atoms with E-state index < -0.39 is 0 Å². The fraction of sp³-hybridized carbons (Fsp3) is 0.750. The van der Waals surface area contributed by atoms with Crippen LogP contribution in [0.1, 0.15) is 67.0 Å². The van der Waals surface area contributed by atoms with Crippen molar-refractivity contribution >= 4 is 5.91 Å². The largest absolute Gasteiger partial charge is 0.347 e. The van der Waals surface area contributed by atoms with Crippen molar-refractivity contribution in [2.75, 3.05) is 6.54 Å². The van der Waals surface area contributed by atoms with Gasteiger partial charge < -0.3 is 11.1 Å². The molecule has 3 aliphatic carbocycles. The summed E-state index contributed by atoms with van der Waals surface area (Å²) in [7, 11) is 0. The van der Waals surface area contributed by atoms with E-state index in [0.29, 0.717) is 29.5 Å². The van der Waals surface area contributed by atoms with Crippen LogP contribution in [0.4, 0.5) is 0 Å². The minimum Gasteiger partial charge on any atom is -0.347 e. The van der Waals surface area contributed by atoms with Gasteiger partial charge in [-0.15, -0.1) is 0 Å². The average Bonchev–Trinajstić information content (AvgIpc) is 3.05. The van der Waals surface area contributed by atoms with E-state index in [4.69, 9.17) is 5.73 Å². The maximum atomic E-state index is 12.5. The molecule has 4 rings (SSSR count). The Labute approximate surface area is 125 Å². The fourth-order valence-corrected chi connectivity index (χ4v) is 4.28. The van der Waals surface area contributed by atoms with Crippen molar-refractivity contribution in [2.24, 2.45) is 17.1 Å². The summed E-state index contributed by atoms with van der Waals surface area (Å²) in [5, 5.41) is 10.5. The van der Waals surface area contributed by atoms with E-state index in [1.54, 1.807) is 0 Å². The Kier molecular flexibility index (Phi) is 3.06. The molecule has 1 aromatic heterocycles. The topological polar surface area (TPSA) is 83.8 Å². The first-order valence-corrected chi connectivity index (χ1v) is 8.28. The lowest BCUT2D eigenvalue weighted by atomic mass is 9.64. The zero-order chi connectivity index (χ0) is 14.4. The number of nitrogens with one attached hydrogen (secondary N) is 2. The molecule has 2 atom stereocenters. The number of amides is 1. The second-order valence-electron chi connectivity index (χ2n) is 7.18. The molecular weight excluding hydrogens is 264 g/mol. The van der Waals surface area contributed by atoms with Crippen LogP contribution in [0.25, 0.3) is 0 Å². The van der Waals surface area contributed by atoms with Crippen molar-refractivity contribution in [3.63, 3.8) is 0 Å². The summed E-state index contributed by atoms with van der Waals surface area (Å²) in [5.74, 6) is 0.992. The van der Waals surface area contributed by atoms with Crippen molar-refractivity contribution in [1.82, 2.24) is 15.5 Å². The first-order valence-electron chi connectivity index (χ1n) is 8.28. The summed E-state index contributed by atoms with van der Waals surface area (Å²) in [6.45, 7) is 0.667. The predicted octanol–water partition coefficient (Wildman–Crippen LogP) is 1.92. The van der Waals surface area contributed by atoms with E-state index in [0.717, 1.165) is 12.1 Å². The highest BCUT2D eigenvalue weighted by Gasteiger charge is 2.51. The molecule has 0 saturated heterocycles. The molecule has 2 unspecified atom stereocenters. The van der Waals surface area contributed by atoms with Gasteiger partial charge in [0.1, 0.15) is 5.69 Å². The van der Waals surface area contributed by atoms with Crippen LogP contribution in [0.2, 0.25) is 0 Å². The highest BCUT2D eigenvalue weighted by molar-refractivity contribution is 5.92. The lowest BCUT2D eigenvalue weighted by Crippen LogP contribution is -2.52. The fourth-order valence-electron chi connectivity index (χ4n) is 4.28. The molecule has 3 fully saturated rings. The van der Waals surface area contributed by atoms with Crippen LogP contribution in [-0.2, 0) is 0 Å². The molecule has 1 heterocycles. The Morgan fingerprint density at radius 2 is 2.19 bits per heavy atom. The van der Waals surface area contributed by atoms with E-state index >= 15 is 0 Å². The Bertz CT molecular complexity index is 544. The van der Waals surface area contributed by atoms with Crippen molar-refractivity contribution < 1.29 is 4.79 Å². The van der Waals surface area contributed by atoms with Crippen LogP contribution in [0.5, 0.6) is 0 Å². The number of nitrogens with two attached hydrogens (primary N) is 1. The third-order valence-corrected chi connectivity index (χ3v) is 5.93. The summed E-state index contributed by atoms with van der Waals surface area (Å²) >= 11 is 0. The predicted molar refractivity (Wildman–Crippen MR) is 79.9 cm³/mol. The molecule has 4 N–H and O–H groups in total. The normalized spacial score (nSPS) is 30.3. The third kappa shape index (κ3) is 2.18. The molecule has 0 bridgehead atoms. The van der Waals surface area contributed by atoms with E-state index in [9.17, 15) is 4.79 Å². The number of rotatable bonds is 4. The second-order valence-corrected chi connectivity index (χ2v) is 7.18. The minimum atomic E-state index is -0.0326. The van der Waals surface area contributed by atoms with Crippen LogP contribution >= 0.6 is 0 Å². The number of carbonyl (C=O) groups is 1. The van der Waals surface area contributed by atoms with Crippen molar-refractivity contribution in [3.05, 3.63) is 17.5 Å². The van der Waals surface area contributed by atoms with Crippen LogP contribution in [0, 0.1) is 11.3 Å². The molecule has 1 spiro atoms. The van der Waals surface area contributed by atoms with Crippen molar-refractivity contribution in [3.8, 4) is 0 Å². The summed E-state index contributed by atoms with van der Waals surface area (Å²) in [6.07, 6.45) is 8.56. The maximum absolute atomic E-state index is 12.5. The molecule has 1 amide bonds. The Morgan fingerprint density at radius 1 is 1.38 bits per heavy atom. The number of hydrogen-bond donors (Lipinski definition) is 3. The lowest BCUT2D eigenvalue weighted by molar-refractivity contribution is 0.0689. The molecule has 0 aliphatic heterocycles. The Hall–Kier alpha value is -1.36. The summed E-state index contributed by atoms with van der Waals surface area (Å²) in [6, 6.07) is 2.16. The smallest absolute Gasteiger partial charge is 0.272 e. The standard InChI is InChI=1S/C16H24N4O/c17-9-11-4-7-16(5-1-6-16)14(11)18-15(21)13-8-12(19-20-13)10-2-3-10/h8,10-11,14H,1-7,9,17H2,(H,18,21)(H,19,20). The number of H-pyrrole nitrogens is 1. The highest BCUT2D eigenvalue weighted by Crippen LogP contribution is 2.55. The highest BCUT2D eigenvalue weighted by atomic mass is 16.2. The SMILES string of the molecule is NCC1CCC2(CCC2)C1NC(=O)c1cc(C2CC2)[nH]n1. The van der Waals surface area contributed by atoms with Crippen LogP contribution in [-0.4, -0.2) is 28.7 Å². The van der Waals surface area contributed by atoms with Gasteiger partial charge in [0, 0.05) is 17.7 Å². The zero-order valence-electron chi connectivity index (χ0n) is 12.4. The monoisotopic (exact) mass is 288 g/mol. The molecule has 0 aromatic carbocycles. The lowest BCUT2D eigenvalue weighted by Gasteiger charge is -2.45. The minimum absolute atomic E-state index is 0.0326. The average molecular weight is 288 g/mol.